The van der Waals surface area contributed by atoms with Crippen molar-refractivity contribution in [2.24, 2.45) is 7.05 Å². The van der Waals surface area contributed by atoms with Crippen LogP contribution < -0.4 is 0 Å². The number of aliphatic hydroxyl groups is 1. The summed E-state index contributed by atoms with van der Waals surface area (Å²) in [7, 11) is 1.86. The van der Waals surface area contributed by atoms with Crippen molar-refractivity contribution < 1.29 is 5.11 Å². The second-order valence-corrected chi connectivity index (χ2v) is 2.67. The molecule has 0 unspecified atom stereocenters. The van der Waals surface area contributed by atoms with Gasteiger partial charge in [-0.05, 0) is 12.1 Å². The molecule has 1 aromatic carbocycles. The van der Waals surface area contributed by atoms with Crippen LogP contribution in [0.2, 0.25) is 0 Å². The summed E-state index contributed by atoms with van der Waals surface area (Å²) in [5.74, 6) is 0. The molecule has 0 atom stereocenters. The largest absolute Gasteiger partial charge is 0.390 e. The minimum atomic E-state index is -0.0125. The van der Waals surface area contributed by atoms with Crippen LogP contribution >= 0.6 is 0 Å². The van der Waals surface area contributed by atoms with Crippen molar-refractivity contribution in [3.8, 4) is 0 Å². The van der Waals surface area contributed by atoms with Crippen molar-refractivity contribution in [3.05, 3.63) is 30.0 Å². The van der Waals surface area contributed by atoms with Crippen molar-refractivity contribution >= 4 is 10.9 Å². The summed E-state index contributed by atoms with van der Waals surface area (Å²) in [4.78, 5) is 0. The predicted molar refractivity (Wildman–Crippen MR) is 45.5 cm³/mol. The topological polar surface area (TPSA) is 38.0 Å². The molecule has 2 rings (SSSR count). The molecule has 0 amide bonds. The van der Waals surface area contributed by atoms with Gasteiger partial charge in [0.05, 0.1) is 17.8 Å². The molecule has 1 radical (unpaired) electrons. The number of nitrogens with zero attached hydrogens (tertiary/aromatic N) is 2. The van der Waals surface area contributed by atoms with Gasteiger partial charge < -0.3 is 5.11 Å². The monoisotopic (exact) mass is 161 g/mol. The van der Waals surface area contributed by atoms with Crippen molar-refractivity contribution in [2.75, 3.05) is 0 Å². The van der Waals surface area contributed by atoms with Gasteiger partial charge in [-0.3, -0.25) is 4.68 Å². The Balaban J connectivity index is 2.82. The van der Waals surface area contributed by atoms with E-state index in [1.165, 1.54) is 0 Å². The van der Waals surface area contributed by atoms with Gasteiger partial charge in [-0.25, -0.2) is 0 Å². The molecule has 61 valence electrons. The Morgan fingerprint density at radius 1 is 1.67 bits per heavy atom. The third-order valence-corrected chi connectivity index (χ3v) is 1.92. The molecule has 0 spiro atoms. The summed E-state index contributed by atoms with van der Waals surface area (Å²) >= 11 is 0. The summed E-state index contributed by atoms with van der Waals surface area (Å²) in [6.45, 7) is -0.0125. The van der Waals surface area contributed by atoms with E-state index in [-0.39, 0.29) is 6.61 Å². The number of hydrogen-bond donors (Lipinski definition) is 1. The highest BCUT2D eigenvalue weighted by molar-refractivity contribution is 5.81. The molecule has 0 fully saturated rings. The second kappa shape index (κ2) is 2.60. The highest BCUT2D eigenvalue weighted by Gasteiger charge is 2.04. The fraction of sp³-hybridized carbons (Fsp3) is 0.222. The first-order chi connectivity index (χ1) is 5.83. The molecule has 2 aromatic rings. The number of rotatable bonds is 1. The molecule has 0 saturated heterocycles. The lowest BCUT2D eigenvalue weighted by Crippen LogP contribution is -1.90. The zero-order chi connectivity index (χ0) is 8.55. The summed E-state index contributed by atoms with van der Waals surface area (Å²) in [6, 6.07) is 8.57. The Bertz CT molecular complexity index is 406. The highest BCUT2D eigenvalue weighted by atomic mass is 16.3. The Kier molecular flexibility index (Phi) is 1.59. The Hall–Kier alpha value is -1.35. The fourth-order valence-corrected chi connectivity index (χ4v) is 1.34. The van der Waals surface area contributed by atoms with Crippen LogP contribution in [-0.2, 0) is 13.7 Å². The molecule has 3 nitrogen and oxygen atoms in total. The maximum atomic E-state index is 8.96. The first-order valence-electron chi connectivity index (χ1n) is 3.75. The first-order valence-corrected chi connectivity index (χ1v) is 3.75. The SMILES string of the molecule is Cn1nc(CO)c2cc[c]cc21. The van der Waals surface area contributed by atoms with Gasteiger partial charge in [-0.15, -0.1) is 0 Å². The minimum absolute atomic E-state index is 0.0125. The molecule has 0 saturated carbocycles. The summed E-state index contributed by atoms with van der Waals surface area (Å²) in [6.07, 6.45) is 0. The van der Waals surface area contributed by atoms with Gasteiger partial charge in [-0.1, -0.05) is 12.1 Å². The van der Waals surface area contributed by atoms with E-state index in [1.807, 2.05) is 25.2 Å². The molecule has 1 aromatic heterocycles. The Morgan fingerprint density at radius 2 is 2.50 bits per heavy atom. The predicted octanol–water partition coefficient (Wildman–Crippen LogP) is 0.866. The van der Waals surface area contributed by atoms with Crippen LogP contribution in [0.1, 0.15) is 5.69 Å². The van der Waals surface area contributed by atoms with Crippen LogP contribution in [-0.4, -0.2) is 14.9 Å². The van der Waals surface area contributed by atoms with E-state index in [4.69, 9.17) is 5.11 Å². The molecular weight excluding hydrogens is 152 g/mol. The number of aromatic nitrogens is 2. The van der Waals surface area contributed by atoms with Gasteiger partial charge >= 0.3 is 0 Å². The molecule has 12 heavy (non-hydrogen) atoms. The number of fused-ring (bicyclic) bond motifs is 1. The zero-order valence-electron chi connectivity index (χ0n) is 6.78. The smallest absolute Gasteiger partial charge is 0.0957 e. The van der Waals surface area contributed by atoms with E-state index in [0.717, 1.165) is 16.6 Å². The third kappa shape index (κ3) is 0.905. The number of aryl methyl sites for hydroxylation is 1. The second-order valence-electron chi connectivity index (χ2n) is 2.67. The lowest BCUT2D eigenvalue weighted by atomic mass is 10.2. The summed E-state index contributed by atoms with van der Waals surface area (Å²) in [5, 5.41) is 14.1. The van der Waals surface area contributed by atoms with E-state index in [9.17, 15) is 0 Å². The average molecular weight is 161 g/mol. The van der Waals surface area contributed by atoms with Crippen LogP contribution in [0.5, 0.6) is 0 Å². The maximum Gasteiger partial charge on any atom is 0.0957 e. The normalized spacial score (nSPS) is 10.8. The van der Waals surface area contributed by atoms with Crippen molar-refractivity contribution in [2.45, 2.75) is 6.61 Å². The van der Waals surface area contributed by atoms with Gasteiger partial charge in [0.1, 0.15) is 0 Å². The fourth-order valence-electron chi connectivity index (χ4n) is 1.34. The molecule has 0 aliphatic rings. The molecule has 0 aliphatic carbocycles. The van der Waals surface area contributed by atoms with Crippen molar-refractivity contribution in [1.29, 1.82) is 0 Å². The van der Waals surface area contributed by atoms with E-state index >= 15 is 0 Å². The molecule has 1 heterocycles. The van der Waals surface area contributed by atoms with E-state index in [1.54, 1.807) is 4.68 Å². The first kappa shape index (κ1) is 7.31. The van der Waals surface area contributed by atoms with Crippen molar-refractivity contribution in [3.63, 3.8) is 0 Å². The van der Waals surface area contributed by atoms with Crippen LogP contribution in [0.15, 0.2) is 18.2 Å². The highest BCUT2D eigenvalue weighted by Crippen LogP contribution is 2.16. The van der Waals surface area contributed by atoms with Gasteiger partial charge in [-0.2, -0.15) is 5.10 Å². The van der Waals surface area contributed by atoms with Gasteiger partial charge in [0.25, 0.3) is 0 Å². The van der Waals surface area contributed by atoms with Crippen molar-refractivity contribution in [1.82, 2.24) is 9.78 Å². The van der Waals surface area contributed by atoms with E-state index in [2.05, 4.69) is 11.2 Å². The zero-order valence-corrected chi connectivity index (χ0v) is 6.78. The molecule has 0 bridgehead atoms. The number of benzene rings is 1. The number of hydrogen-bond acceptors (Lipinski definition) is 2. The lowest BCUT2D eigenvalue weighted by Gasteiger charge is -1.89. The average Bonchev–Trinajstić information content (AvgIpc) is 2.44. The molecule has 0 aliphatic heterocycles. The van der Waals surface area contributed by atoms with E-state index < -0.39 is 0 Å². The van der Waals surface area contributed by atoms with E-state index in [0.29, 0.717) is 0 Å². The van der Waals surface area contributed by atoms with Crippen LogP contribution in [0.3, 0.4) is 0 Å². The van der Waals surface area contributed by atoms with Crippen LogP contribution in [0, 0.1) is 6.07 Å². The quantitative estimate of drug-likeness (QED) is 0.673. The van der Waals surface area contributed by atoms with Gasteiger partial charge in [0, 0.05) is 12.4 Å². The van der Waals surface area contributed by atoms with Crippen LogP contribution in [0.25, 0.3) is 10.9 Å². The van der Waals surface area contributed by atoms with Crippen LogP contribution in [0.4, 0.5) is 0 Å². The molecular formula is C9H9N2O. The molecule has 1 N–H and O–H groups in total. The lowest BCUT2D eigenvalue weighted by molar-refractivity contribution is 0.277. The minimum Gasteiger partial charge on any atom is -0.390 e. The summed E-state index contributed by atoms with van der Waals surface area (Å²) in [5.41, 5.74) is 1.73. The van der Waals surface area contributed by atoms with Gasteiger partial charge in [0.15, 0.2) is 0 Å². The maximum absolute atomic E-state index is 8.96. The summed E-state index contributed by atoms with van der Waals surface area (Å²) < 4.78 is 1.75. The Morgan fingerprint density at radius 3 is 3.25 bits per heavy atom. The Labute approximate surface area is 70.2 Å². The standard InChI is InChI=1S/C9H9N2O/c1-11-9-5-3-2-4-7(9)8(6-12)10-11/h2,4-5,12H,6H2,1H3. The third-order valence-electron chi connectivity index (χ3n) is 1.92. The molecule has 3 heteroatoms. The van der Waals surface area contributed by atoms with Gasteiger partial charge in [0.2, 0.25) is 0 Å². The number of aliphatic hydroxyl groups excluding tert-OH is 1.